The van der Waals surface area contributed by atoms with Crippen LogP contribution in [0.1, 0.15) is 22.2 Å². The Bertz CT molecular complexity index is 657. The molecule has 0 fully saturated rings. The number of nitrogens with zero attached hydrogens (tertiary/aromatic N) is 2. The average Bonchev–Trinajstić information content (AvgIpc) is 2.68. The quantitative estimate of drug-likeness (QED) is 0.857. The average molecular weight is 262 g/mol. The van der Waals surface area contributed by atoms with Crippen LogP contribution in [0.15, 0.2) is 6.33 Å². The lowest BCUT2D eigenvalue weighted by atomic mass is 10.2. The van der Waals surface area contributed by atoms with Gasteiger partial charge in [-0.3, -0.25) is 0 Å². The molecule has 1 atom stereocenters. The van der Waals surface area contributed by atoms with Crippen molar-refractivity contribution in [1.29, 1.82) is 0 Å². The Morgan fingerprint density at radius 3 is 2.94 bits per heavy atom. The fourth-order valence-corrected chi connectivity index (χ4v) is 2.51. The van der Waals surface area contributed by atoms with E-state index in [9.17, 15) is 4.79 Å². The van der Waals surface area contributed by atoms with Gasteiger partial charge >= 0.3 is 5.97 Å². The second-order valence-corrected chi connectivity index (χ2v) is 4.65. The Kier molecular flexibility index (Phi) is 3.17. The van der Waals surface area contributed by atoms with Crippen molar-refractivity contribution >= 4 is 27.5 Å². The first kappa shape index (κ1) is 12.3. The van der Waals surface area contributed by atoms with Crippen molar-refractivity contribution in [3.8, 4) is 18.2 Å². The zero-order chi connectivity index (χ0) is 13.3. The largest absolute Gasteiger partial charge is 0.477 e. The molecule has 18 heavy (non-hydrogen) atoms. The normalized spacial score (nSPS) is 12.1. The maximum atomic E-state index is 11.1. The summed E-state index contributed by atoms with van der Waals surface area (Å²) in [5, 5.41) is 9.69. The maximum Gasteiger partial charge on any atom is 0.346 e. The zero-order valence-electron chi connectivity index (χ0n) is 9.80. The number of thiophene rings is 1. The van der Waals surface area contributed by atoms with E-state index in [-0.39, 0.29) is 4.88 Å². The van der Waals surface area contributed by atoms with Gasteiger partial charge in [-0.2, -0.15) is 0 Å². The second kappa shape index (κ2) is 4.63. The summed E-state index contributed by atoms with van der Waals surface area (Å²) in [4.78, 5) is 20.0. The second-order valence-electron chi connectivity index (χ2n) is 3.65. The lowest BCUT2D eigenvalue weighted by Gasteiger charge is -2.08. The van der Waals surface area contributed by atoms with Crippen molar-refractivity contribution < 1.29 is 14.6 Å². The summed E-state index contributed by atoms with van der Waals surface area (Å²) in [6.45, 7) is 3.42. The van der Waals surface area contributed by atoms with Gasteiger partial charge in [0.15, 0.2) is 6.10 Å². The standard InChI is InChI=1S/C12H10N2O3S/c1-4-6(2)17-10-8-7(3)9(12(15)16)18-11(8)14-5-13-10/h1,5-6H,2-3H3,(H,15,16). The number of carbonyl (C=O) groups is 1. The number of fused-ring (bicyclic) bond motifs is 1. The first-order valence-electron chi connectivity index (χ1n) is 5.14. The van der Waals surface area contributed by atoms with Gasteiger partial charge in [-0.25, -0.2) is 14.8 Å². The van der Waals surface area contributed by atoms with Gasteiger partial charge in [0.1, 0.15) is 16.0 Å². The molecular weight excluding hydrogens is 252 g/mol. The van der Waals surface area contributed by atoms with E-state index in [0.717, 1.165) is 11.3 Å². The SMILES string of the molecule is C#CC(C)Oc1ncnc2sc(C(=O)O)c(C)c12. The number of terminal acetylenes is 1. The van der Waals surface area contributed by atoms with Gasteiger partial charge in [-0.15, -0.1) is 17.8 Å². The topological polar surface area (TPSA) is 72.3 Å². The lowest BCUT2D eigenvalue weighted by molar-refractivity contribution is 0.0701. The summed E-state index contributed by atoms with van der Waals surface area (Å²) in [5.41, 5.74) is 0.599. The molecule has 0 aliphatic heterocycles. The zero-order valence-corrected chi connectivity index (χ0v) is 10.6. The number of hydrogen-bond donors (Lipinski definition) is 1. The van der Waals surface area contributed by atoms with Gasteiger partial charge < -0.3 is 9.84 Å². The highest BCUT2D eigenvalue weighted by atomic mass is 32.1. The molecule has 5 nitrogen and oxygen atoms in total. The van der Waals surface area contributed by atoms with E-state index in [1.165, 1.54) is 6.33 Å². The molecule has 0 radical (unpaired) electrons. The first-order chi connectivity index (χ1) is 8.54. The van der Waals surface area contributed by atoms with Gasteiger partial charge in [0.2, 0.25) is 5.88 Å². The summed E-state index contributed by atoms with van der Waals surface area (Å²) in [5.74, 6) is 1.78. The Morgan fingerprint density at radius 1 is 1.61 bits per heavy atom. The summed E-state index contributed by atoms with van der Waals surface area (Å²) in [6, 6.07) is 0. The summed E-state index contributed by atoms with van der Waals surface area (Å²) < 4.78 is 5.48. The predicted molar refractivity (Wildman–Crippen MR) is 68.0 cm³/mol. The van der Waals surface area contributed by atoms with E-state index in [2.05, 4.69) is 15.9 Å². The van der Waals surface area contributed by atoms with Gasteiger partial charge in [-0.1, -0.05) is 5.92 Å². The number of carboxylic acid groups (broad SMARTS) is 1. The monoisotopic (exact) mass is 262 g/mol. The third kappa shape index (κ3) is 2.00. The van der Waals surface area contributed by atoms with Crippen LogP contribution in [0, 0.1) is 19.3 Å². The van der Waals surface area contributed by atoms with Crippen molar-refractivity contribution in [2.24, 2.45) is 0 Å². The number of aryl methyl sites for hydroxylation is 1. The van der Waals surface area contributed by atoms with Gasteiger partial charge in [0.05, 0.1) is 5.39 Å². The van der Waals surface area contributed by atoms with E-state index in [4.69, 9.17) is 16.3 Å². The fourth-order valence-electron chi connectivity index (χ4n) is 1.53. The van der Waals surface area contributed by atoms with Crippen LogP contribution in [0.4, 0.5) is 0 Å². The smallest absolute Gasteiger partial charge is 0.346 e. The van der Waals surface area contributed by atoms with E-state index >= 15 is 0 Å². The Labute approximate surface area is 107 Å². The molecule has 0 aliphatic rings. The van der Waals surface area contributed by atoms with Crippen molar-refractivity contribution in [3.05, 3.63) is 16.8 Å². The molecule has 2 aromatic heterocycles. The third-order valence-corrected chi connectivity index (χ3v) is 3.60. The summed E-state index contributed by atoms with van der Waals surface area (Å²) >= 11 is 1.10. The summed E-state index contributed by atoms with van der Waals surface area (Å²) in [7, 11) is 0. The van der Waals surface area contributed by atoms with E-state index in [1.807, 2.05) is 0 Å². The minimum atomic E-state index is -0.980. The molecule has 0 aliphatic carbocycles. The minimum Gasteiger partial charge on any atom is -0.477 e. The molecule has 1 unspecified atom stereocenters. The first-order valence-corrected chi connectivity index (χ1v) is 5.96. The van der Waals surface area contributed by atoms with Crippen molar-refractivity contribution in [2.75, 3.05) is 0 Å². The van der Waals surface area contributed by atoms with Gasteiger partial charge in [-0.05, 0) is 19.4 Å². The van der Waals surface area contributed by atoms with Crippen LogP contribution >= 0.6 is 11.3 Å². The number of aromatic carboxylic acids is 1. The summed E-state index contributed by atoms with van der Waals surface area (Å²) in [6.07, 6.45) is 6.15. The van der Waals surface area contributed by atoms with Crippen molar-refractivity contribution in [3.63, 3.8) is 0 Å². The number of aromatic nitrogens is 2. The van der Waals surface area contributed by atoms with E-state index in [0.29, 0.717) is 21.7 Å². The van der Waals surface area contributed by atoms with Crippen LogP contribution in [0.5, 0.6) is 5.88 Å². The van der Waals surface area contributed by atoms with Crippen LogP contribution in [-0.2, 0) is 0 Å². The molecule has 0 bridgehead atoms. The third-order valence-electron chi connectivity index (χ3n) is 2.41. The Morgan fingerprint density at radius 2 is 2.33 bits per heavy atom. The van der Waals surface area contributed by atoms with E-state index < -0.39 is 12.1 Å². The van der Waals surface area contributed by atoms with Crippen LogP contribution in [0.2, 0.25) is 0 Å². The Balaban J connectivity index is 2.62. The molecule has 2 heterocycles. The number of carboxylic acids is 1. The van der Waals surface area contributed by atoms with Crippen molar-refractivity contribution in [1.82, 2.24) is 9.97 Å². The molecule has 0 amide bonds. The van der Waals surface area contributed by atoms with Gasteiger partial charge in [0.25, 0.3) is 0 Å². The number of ether oxygens (including phenoxy) is 1. The molecule has 0 saturated heterocycles. The van der Waals surface area contributed by atoms with Crippen LogP contribution in [0.3, 0.4) is 0 Å². The predicted octanol–water partition coefficient (Wildman–Crippen LogP) is 2.10. The molecular formula is C12H10N2O3S. The molecule has 92 valence electrons. The van der Waals surface area contributed by atoms with E-state index in [1.54, 1.807) is 13.8 Å². The minimum absolute atomic E-state index is 0.240. The Hall–Kier alpha value is -2.13. The molecule has 0 saturated carbocycles. The molecule has 0 spiro atoms. The van der Waals surface area contributed by atoms with Crippen molar-refractivity contribution in [2.45, 2.75) is 20.0 Å². The maximum absolute atomic E-state index is 11.1. The van der Waals surface area contributed by atoms with Gasteiger partial charge in [0, 0.05) is 0 Å². The highest BCUT2D eigenvalue weighted by molar-refractivity contribution is 7.20. The fraction of sp³-hybridized carbons (Fsp3) is 0.250. The molecule has 2 rings (SSSR count). The molecule has 1 N–H and O–H groups in total. The highest BCUT2D eigenvalue weighted by Gasteiger charge is 2.19. The van der Waals surface area contributed by atoms with Crippen LogP contribution < -0.4 is 4.74 Å². The number of hydrogen-bond acceptors (Lipinski definition) is 5. The molecule has 6 heteroatoms. The lowest BCUT2D eigenvalue weighted by Crippen LogP contribution is -2.09. The number of rotatable bonds is 3. The molecule has 2 aromatic rings. The highest BCUT2D eigenvalue weighted by Crippen LogP contribution is 2.34. The van der Waals surface area contributed by atoms with Crippen LogP contribution in [-0.4, -0.2) is 27.1 Å². The van der Waals surface area contributed by atoms with Crippen LogP contribution in [0.25, 0.3) is 10.2 Å². The molecule has 0 aromatic carbocycles.